The monoisotopic (exact) mass is 273 g/mol. The summed E-state index contributed by atoms with van der Waals surface area (Å²) in [5, 5.41) is 4.49. The highest BCUT2D eigenvalue weighted by Gasteiger charge is 2.11. The molecule has 2 aromatic heterocycles. The third-order valence-electron chi connectivity index (χ3n) is 2.84. The maximum Gasteiger partial charge on any atom is 0.223 e. The van der Waals surface area contributed by atoms with Crippen LogP contribution in [0.2, 0.25) is 5.15 Å². The summed E-state index contributed by atoms with van der Waals surface area (Å²) in [7, 11) is 0. The molecule has 0 spiro atoms. The molecule has 0 aliphatic carbocycles. The van der Waals surface area contributed by atoms with Crippen molar-refractivity contribution in [3.8, 4) is 0 Å². The summed E-state index contributed by atoms with van der Waals surface area (Å²) >= 11 is 6.11. The van der Waals surface area contributed by atoms with E-state index in [1.54, 1.807) is 0 Å². The van der Waals surface area contributed by atoms with Crippen molar-refractivity contribution >= 4 is 34.3 Å². The van der Waals surface area contributed by atoms with E-state index in [-0.39, 0.29) is 5.95 Å². The van der Waals surface area contributed by atoms with E-state index in [0.717, 1.165) is 16.6 Å². The summed E-state index contributed by atoms with van der Waals surface area (Å²) in [6.07, 6.45) is 1.86. The summed E-state index contributed by atoms with van der Waals surface area (Å²) in [4.78, 5) is 11.1. The van der Waals surface area contributed by atoms with Gasteiger partial charge in [-0.2, -0.15) is 4.98 Å². The number of rotatable bonds is 3. The molecule has 0 aliphatic heterocycles. The van der Waals surface area contributed by atoms with E-state index < -0.39 is 0 Å². The minimum absolute atomic E-state index is 0.168. The first-order chi connectivity index (χ1) is 9.24. The van der Waals surface area contributed by atoms with Gasteiger partial charge in [0.2, 0.25) is 5.95 Å². The van der Waals surface area contributed by atoms with Crippen LogP contribution >= 0.6 is 11.6 Å². The van der Waals surface area contributed by atoms with Gasteiger partial charge in [-0.1, -0.05) is 29.8 Å². The average molecular weight is 274 g/mol. The lowest BCUT2D eigenvalue weighted by Gasteiger charge is -2.05. The number of halogens is 1. The van der Waals surface area contributed by atoms with Gasteiger partial charge in [-0.3, -0.25) is 0 Å². The van der Waals surface area contributed by atoms with Crippen molar-refractivity contribution in [1.82, 2.24) is 15.0 Å². The Balaban J connectivity index is 1.90. The molecular weight excluding hydrogens is 262 g/mol. The maximum atomic E-state index is 6.11. The van der Waals surface area contributed by atoms with Gasteiger partial charge in [0.1, 0.15) is 10.8 Å². The molecule has 0 amide bonds. The van der Waals surface area contributed by atoms with Gasteiger partial charge in [-0.25, -0.2) is 4.98 Å². The van der Waals surface area contributed by atoms with Crippen molar-refractivity contribution < 1.29 is 0 Å². The SMILES string of the molecule is Nc1nc(Cl)c2c(CNc3ccccc3)c[nH]c2n1. The molecular formula is C13H12ClN5. The van der Waals surface area contributed by atoms with Crippen LogP contribution < -0.4 is 11.1 Å². The quantitative estimate of drug-likeness (QED) is 0.641. The molecule has 2 heterocycles. The summed E-state index contributed by atoms with van der Waals surface area (Å²) in [5.41, 5.74) is 8.26. The molecule has 6 heteroatoms. The molecule has 4 N–H and O–H groups in total. The van der Waals surface area contributed by atoms with Gasteiger partial charge in [-0.05, 0) is 12.1 Å². The summed E-state index contributed by atoms with van der Waals surface area (Å²) in [6.45, 7) is 0.636. The van der Waals surface area contributed by atoms with E-state index in [9.17, 15) is 0 Å². The van der Waals surface area contributed by atoms with Gasteiger partial charge >= 0.3 is 0 Å². The van der Waals surface area contributed by atoms with Crippen LogP contribution in [0.5, 0.6) is 0 Å². The first-order valence-electron chi connectivity index (χ1n) is 5.82. The van der Waals surface area contributed by atoms with E-state index in [2.05, 4.69) is 20.3 Å². The molecule has 19 heavy (non-hydrogen) atoms. The molecule has 3 aromatic rings. The fourth-order valence-corrected chi connectivity index (χ4v) is 2.26. The van der Waals surface area contributed by atoms with Gasteiger partial charge in [-0.15, -0.1) is 0 Å². The largest absolute Gasteiger partial charge is 0.381 e. The Morgan fingerprint density at radius 1 is 1.21 bits per heavy atom. The zero-order valence-corrected chi connectivity index (χ0v) is 10.8. The molecule has 5 nitrogen and oxygen atoms in total. The van der Waals surface area contributed by atoms with Gasteiger partial charge in [0, 0.05) is 24.0 Å². The molecule has 0 fully saturated rings. The highest BCUT2D eigenvalue weighted by Crippen LogP contribution is 2.25. The molecule has 0 atom stereocenters. The van der Waals surface area contributed by atoms with Crippen LogP contribution in [-0.2, 0) is 6.54 Å². The lowest BCUT2D eigenvalue weighted by Crippen LogP contribution is -2.00. The van der Waals surface area contributed by atoms with E-state index in [4.69, 9.17) is 17.3 Å². The minimum atomic E-state index is 0.168. The topological polar surface area (TPSA) is 79.6 Å². The molecule has 0 saturated heterocycles. The second kappa shape index (κ2) is 4.78. The fraction of sp³-hybridized carbons (Fsp3) is 0.0769. The number of aromatic nitrogens is 3. The third-order valence-corrected chi connectivity index (χ3v) is 3.12. The molecule has 0 radical (unpaired) electrons. The van der Waals surface area contributed by atoms with Crippen molar-refractivity contribution in [3.05, 3.63) is 47.2 Å². The number of fused-ring (bicyclic) bond motifs is 1. The number of nitrogens with two attached hydrogens (primary N) is 1. The Kier molecular flexibility index (Phi) is 2.97. The minimum Gasteiger partial charge on any atom is -0.381 e. The highest BCUT2D eigenvalue weighted by molar-refractivity contribution is 6.34. The average Bonchev–Trinajstić information content (AvgIpc) is 2.81. The second-order valence-corrected chi connectivity index (χ2v) is 4.49. The molecule has 0 saturated carbocycles. The Morgan fingerprint density at radius 2 is 2.00 bits per heavy atom. The number of benzene rings is 1. The number of aromatic amines is 1. The van der Waals surface area contributed by atoms with Gasteiger partial charge < -0.3 is 16.0 Å². The first kappa shape index (κ1) is 11.8. The summed E-state index contributed by atoms with van der Waals surface area (Å²) in [6, 6.07) is 9.95. The molecule has 1 aromatic carbocycles. The Bertz CT molecular complexity index is 708. The zero-order valence-electron chi connectivity index (χ0n) is 10.0. The predicted molar refractivity (Wildman–Crippen MR) is 77.1 cm³/mol. The predicted octanol–water partition coefficient (Wildman–Crippen LogP) is 2.81. The Morgan fingerprint density at radius 3 is 2.79 bits per heavy atom. The summed E-state index contributed by atoms with van der Waals surface area (Å²) in [5.74, 6) is 0.168. The first-order valence-corrected chi connectivity index (χ1v) is 6.20. The van der Waals surface area contributed by atoms with Crippen molar-refractivity contribution in [2.24, 2.45) is 0 Å². The number of hydrogen-bond donors (Lipinski definition) is 3. The Labute approximate surface area is 114 Å². The molecule has 3 rings (SSSR count). The van der Waals surface area contributed by atoms with E-state index in [1.807, 2.05) is 36.5 Å². The highest BCUT2D eigenvalue weighted by atomic mass is 35.5. The van der Waals surface area contributed by atoms with Crippen molar-refractivity contribution in [2.75, 3.05) is 11.1 Å². The Hall–Kier alpha value is -2.27. The lowest BCUT2D eigenvalue weighted by atomic mass is 10.2. The van der Waals surface area contributed by atoms with Crippen LogP contribution in [0.4, 0.5) is 11.6 Å². The van der Waals surface area contributed by atoms with E-state index >= 15 is 0 Å². The number of nitrogens with one attached hydrogen (secondary N) is 2. The number of anilines is 2. The second-order valence-electron chi connectivity index (χ2n) is 4.13. The van der Waals surface area contributed by atoms with Crippen LogP contribution in [0.25, 0.3) is 11.0 Å². The van der Waals surface area contributed by atoms with Gasteiger partial charge in [0.05, 0.1) is 5.39 Å². The van der Waals surface area contributed by atoms with Crippen LogP contribution in [-0.4, -0.2) is 15.0 Å². The van der Waals surface area contributed by atoms with Gasteiger partial charge in [0.25, 0.3) is 0 Å². The number of para-hydroxylation sites is 1. The maximum absolute atomic E-state index is 6.11. The normalized spacial score (nSPS) is 10.8. The number of nitrogen functional groups attached to an aromatic ring is 1. The lowest BCUT2D eigenvalue weighted by molar-refractivity contribution is 1.16. The third kappa shape index (κ3) is 2.32. The smallest absolute Gasteiger partial charge is 0.223 e. The standard InChI is InChI=1S/C13H12ClN5/c14-11-10-8(6-16-9-4-2-1-3-5-9)7-17-12(10)19-13(15)18-11/h1-5,7,16H,6H2,(H3,15,17,18,19). The van der Waals surface area contributed by atoms with Crippen LogP contribution in [0.3, 0.4) is 0 Å². The molecule has 0 unspecified atom stereocenters. The van der Waals surface area contributed by atoms with Crippen LogP contribution in [0.15, 0.2) is 36.5 Å². The van der Waals surface area contributed by atoms with E-state index in [1.165, 1.54) is 0 Å². The number of hydrogen-bond acceptors (Lipinski definition) is 4. The van der Waals surface area contributed by atoms with Crippen molar-refractivity contribution in [3.63, 3.8) is 0 Å². The molecule has 0 bridgehead atoms. The summed E-state index contributed by atoms with van der Waals surface area (Å²) < 4.78 is 0. The number of H-pyrrole nitrogens is 1. The van der Waals surface area contributed by atoms with E-state index in [0.29, 0.717) is 17.3 Å². The van der Waals surface area contributed by atoms with Crippen molar-refractivity contribution in [1.29, 1.82) is 0 Å². The molecule has 0 aliphatic rings. The zero-order chi connectivity index (χ0) is 13.2. The van der Waals surface area contributed by atoms with Crippen molar-refractivity contribution in [2.45, 2.75) is 6.54 Å². The van der Waals surface area contributed by atoms with Crippen LogP contribution in [0, 0.1) is 0 Å². The van der Waals surface area contributed by atoms with Gasteiger partial charge in [0.15, 0.2) is 0 Å². The molecule has 96 valence electrons. The van der Waals surface area contributed by atoms with Crippen LogP contribution in [0.1, 0.15) is 5.56 Å². The number of nitrogens with zero attached hydrogens (tertiary/aromatic N) is 2. The fourth-order valence-electron chi connectivity index (χ4n) is 1.96.